The van der Waals surface area contributed by atoms with E-state index in [1.54, 1.807) is 24.3 Å². The van der Waals surface area contributed by atoms with Gasteiger partial charge < -0.3 is 15.7 Å². The Kier molecular flexibility index (Phi) is 5.75. The van der Waals surface area contributed by atoms with E-state index in [2.05, 4.69) is 10.6 Å². The third-order valence-electron chi connectivity index (χ3n) is 2.97. The number of carbonyl (C=O) groups excluding carboxylic acids is 1. The second-order valence-electron chi connectivity index (χ2n) is 4.73. The highest BCUT2D eigenvalue weighted by molar-refractivity contribution is 6.18. The summed E-state index contributed by atoms with van der Waals surface area (Å²) in [4.78, 5) is 12.0. The molecule has 116 valence electrons. The van der Waals surface area contributed by atoms with Gasteiger partial charge >= 0.3 is 0 Å². The minimum Gasteiger partial charge on any atom is -0.390 e. The maximum absolute atomic E-state index is 12.8. The van der Waals surface area contributed by atoms with Crippen LogP contribution in [0.5, 0.6) is 0 Å². The van der Waals surface area contributed by atoms with Crippen LogP contribution < -0.4 is 10.6 Å². The molecule has 0 aliphatic heterocycles. The SMILES string of the molecule is O=C(Nc1ccc(F)cc1)c1ccc(NCC(O)CCl)cc1. The van der Waals surface area contributed by atoms with E-state index in [4.69, 9.17) is 11.6 Å². The summed E-state index contributed by atoms with van der Waals surface area (Å²) < 4.78 is 12.8. The second-order valence-corrected chi connectivity index (χ2v) is 5.04. The summed E-state index contributed by atoms with van der Waals surface area (Å²) in [5.41, 5.74) is 1.79. The first-order chi connectivity index (χ1) is 10.6. The van der Waals surface area contributed by atoms with E-state index in [-0.39, 0.29) is 17.6 Å². The van der Waals surface area contributed by atoms with Gasteiger partial charge in [0.15, 0.2) is 0 Å². The summed E-state index contributed by atoms with van der Waals surface area (Å²) >= 11 is 5.51. The lowest BCUT2D eigenvalue weighted by atomic mass is 10.2. The Morgan fingerprint density at radius 1 is 1.09 bits per heavy atom. The first-order valence-electron chi connectivity index (χ1n) is 6.73. The fraction of sp³-hybridized carbons (Fsp3) is 0.188. The number of rotatable bonds is 6. The number of alkyl halides is 1. The summed E-state index contributed by atoms with van der Waals surface area (Å²) in [7, 11) is 0. The Balaban J connectivity index is 1.94. The monoisotopic (exact) mass is 322 g/mol. The number of aliphatic hydroxyl groups is 1. The number of hydrogen-bond donors (Lipinski definition) is 3. The highest BCUT2D eigenvalue weighted by atomic mass is 35.5. The topological polar surface area (TPSA) is 61.4 Å². The van der Waals surface area contributed by atoms with Crippen molar-refractivity contribution in [3.05, 3.63) is 59.9 Å². The van der Waals surface area contributed by atoms with Gasteiger partial charge in [-0.3, -0.25) is 4.79 Å². The zero-order valence-electron chi connectivity index (χ0n) is 11.7. The van der Waals surface area contributed by atoms with Crippen LogP contribution in [0.4, 0.5) is 15.8 Å². The Hall–Kier alpha value is -2.11. The van der Waals surface area contributed by atoms with Gasteiger partial charge in [0.1, 0.15) is 5.82 Å². The second kappa shape index (κ2) is 7.77. The van der Waals surface area contributed by atoms with Gasteiger partial charge in [0, 0.05) is 23.5 Å². The summed E-state index contributed by atoms with van der Waals surface area (Å²) in [6, 6.07) is 12.4. The van der Waals surface area contributed by atoms with Gasteiger partial charge in [0.25, 0.3) is 5.91 Å². The Labute approximate surface area is 132 Å². The average molecular weight is 323 g/mol. The highest BCUT2D eigenvalue weighted by Crippen LogP contribution is 2.13. The normalized spacial score (nSPS) is 11.8. The molecule has 1 atom stereocenters. The average Bonchev–Trinajstić information content (AvgIpc) is 2.55. The van der Waals surface area contributed by atoms with Crippen LogP contribution in [0.15, 0.2) is 48.5 Å². The Morgan fingerprint density at radius 3 is 2.27 bits per heavy atom. The molecule has 0 bridgehead atoms. The minimum atomic E-state index is -0.622. The number of carbonyl (C=O) groups is 1. The molecule has 0 radical (unpaired) electrons. The van der Waals surface area contributed by atoms with Crippen molar-refractivity contribution in [3.63, 3.8) is 0 Å². The quantitative estimate of drug-likeness (QED) is 0.716. The molecule has 2 aromatic carbocycles. The summed E-state index contributed by atoms with van der Waals surface area (Å²) in [5.74, 6) is -0.475. The van der Waals surface area contributed by atoms with Gasteiger partial charge in [0.05, 0.1) is 12.0 Å². The summed E-state index contributed by atoms with van der Waals surface area (Å²) in [6.45, 7) is 0.338. The van der Waals surface area contributed by atoms with Gasteiger partial charge in [-0.2, -0.15) is 0 Å². The molecule has 1 unspecified atom stereocenters. The van der Waals surface area contributed by atoms with Crippen molar-refractivity contribution in [2.24, 2.45) is 0 Å². The predicted octanol–water partition coefficient (Wildman–Crippen LogP) is 3.09. The maximum Gasteiger partial charge on any atom is 0.255 e. The first kappa shape index (κ1) is 16.3. The lowest BCUT2D eigenvalue weighted by Gasteiger charge is -2.10. The number of halogens is 2. The fourth-order valence-corrected chi connectivity index (χ4v) is 1.88. The molecule has 0 aliphatic rings. The molecule has 0 fully saturated rings. The molecule has 3 N–H and O–H groups in total. The van der Waals surface area contributed by atoms with E-state index in [1.165, 1.54) is 24.3 Å². The van der Waals surface area contributed by atoms with Crippen LogP contribution in [0.1, 0.15) is 10.4 Å². The molecule has 2 aromatic rings. The van der Waals surface area contributed by atoms with Crippen molar-refractivity contribution in [2.45, 2.75) is 6.10 Å². The molecule has 4 nitrogen and oxygen atoms in total. The first-order valence-corrected chi connectivity index (χ1v) is 7.27. The Bertz CT molecular complexity index is 617. The molecule has 1 amide bonds. The molecule has 0 saturated carbocycles. The third-order valence-corrected chi connectivity index (χ3v) is 3.33. The van der Waals surface area contributed by atoms with Crippen LogP contribution >= 0.6 is 11.6 Å². The molecular formula is C16H16ClFN2O2. The van der Waals surface area contributed by atoms with E-state index >= 15 is 0 Å². The predicted molar refractivity (Wildman–Crippen MR) is 86.0 cm³/mol. The van der Waals surface area contributed by atoms with E-state index in [0.717, 1.165) is 5.69 Å². The maximum atomic E-state index is 12.8. The van der Waals surface area contributed by atoms with Crippen molar-refractivity contribution in [1.82, 2.24) is 0 Å². The molecular weight excluding hydrogens is 307 g/mol. The standard InChI is InChI=1S/C16H16ClFN2O2/c17-9-15(21)10-19-13-5-1-11(2-6-13)16(22)20-14-7-3-12(18)4-8-14/h1-8,15,19,21H,9-10H2,(H,20,22). The molecule has 0 saturated heterocycles. The van der Waals surface area contributed by atoms with Crippen LogP contribution in [0.2, 0.25) is 0 Å². The van der Waals surface area contributed by atoms with Gasteiger partial charge in [0.2, 0.25) is 0 Å². The molecule has 0 heterocycles. The van der Waals surface area contributed by atoms with Crippen LogP contribution in [-0.2, 0) is 0 Å². The van der Waals surface area contributed by atoms with Crippen LogP contribution in [0.25, 0.3) is 0 Å². The highest BCUT2D eigenvalue weighted by Gasteiger charge is 2.07. The van der Waals surface area contributed by atoms with Crippen LogP contribution in [0.3, 0.4) is 0 Å². The Morgan fingerprint density at radius 2 is 1.68 bits per heavy atom. The van der Waals surface area contributed by atoms with Crippen LogP contribution in [-0.4, -0.2) is 29.5 Å². The molecule has 0 aliphatic carbocycles. The fourth-order valence-electron chi connectivity index (χ4n) is 1.77. The number of anilines is 2. The van der Waals surface area contributed by atoms with E-state index in [1.807, 2.05) is 0 Å². The van der Waals surface area contributed by atoms with Gasteiger partial charge in [-0.15, -0.1) is 11.6 Å². The molecule has 22 heavy (non-hydrogen) atoms. The van der Waals surface area contributed by atoms with Gasteiger partial charge in [-0.05, 0) is 48.5 Å². The van der Waals surface area contributed by atoms with E-state index in [9.17, 15) is 14.3 Å². The zero-order chi connectivity index (χ0) is 15.9. The zero-order valence-corrected chi connectivity index (χ0v) is 12.5. The summed E-state index contributed by atoms with van der Waals surface area (Å²) in [5, 5.41) is 15.1. The van der Waals surface area contributed by atoms with Crippen molar-refractivity contribution in [1.29, 1.82) is 0 Å². The number of aliphatic hydroxyl groups excluding tert-OH is 1. The van der Waals surface area contributed by atoms with Crippen molar-refractivity contribution < 1.29 is 14.3 Å². The number of benzene rings is 2. The van der Waals surface area contributed by atoms with Crippen molar-refractivity contribution in [3.8, 4) is 0 Å². The molecule has 0 aromatic heterocycles. The van der Waals surface area contributed by atoms with Crippen molar-refractivity contribution >= 4 is 28.9 Å². The van der Waals surface area contributed by atoms with Gasteiger partial charge in [-0.1, -0.05) is 0 Å². The summed E-state index contributed by atoms with van der Waals surface area (Å²) in [6.07, 6.45) is -0.622. The van der Waals surface area contributed by atoms with Crippen molar-refractivity contribution in [2.75, 3.05) is 23.1 Å². The number of amides is 1. The lowest BCUT2D eigenvalue weighted by Crippen LogP contribution is -2.20. The van der Waals surface area contributed by atoms with E-state index in [0.29, 0.717) is 17.8 Å². The number of nitrogens with one attached hydrogen (secondary N) is 2. The van der Waals surface area contributed by atoms with E-state index < -0.39 is 6.10 Å². The van der Waals surface area contributed by atoms with Crippen LogP contribution in [0, 0.1) is 5.82 Å². The van der Waals surface area contributed by atoms with Gasteiger partial charge in [-0.25, -0.2) is 4.39 Å². The molecule has 6 heteroatoms. The minimum absolute atomic E-state index is 0.158. The molecule has 0 spiro atoms. The third kappa shape index (κ3) is 4.72. The smallest absolute Gasteiger partial charge is 0.255 e. The lowest BCUT2D eigenvalue weighted by molar-refractivity contribution is 0.102. The molecule has 2 rings (SSSR count). The largest absolute Gasteiger partial charge is 0.390 e. The number of hydrogen-bond acceptors (Lipinski definition) is 3.